The first-order valence-electron chi connectivity index (χ1n) is 6.09. The van der Waals surface area contributed by atoms with Gasteiger partial charge in [-0.2, -0.15) is 0 Å². The van der Waals surface area contributed by atoms with Crippen LogP contribution in [0.4, 0.5) is 0 Å². The maximum Gasteiger partial charge on any atom is 0.344 e. The molecule has 0 spiro atoms. The summed E-state index contributed by atoms with van der Waals surface area (Å²) in [6.07, 6.45) is 0. The Morgan fingerprint density at radius 1 is 1.10 bits per heavy atom. The molecule has 2 aromatic carbocycles. The second-order valence-electron chi connectivity index (χ2n) is 4.37. The molecule has 0 saturated heterocycles. The lowest BCUT2D eigenvalue weighted by atomic mass is 10.1. The van der Waals surface area contributed by atoms with Gasteiger partial charge in [-0.15, -0.1) is 0 Å². The van der Waals surface area contributed by atoms with E-state index < -0.39 is 5.63 Å². The summed E-state index contributed by atoms with van der Waals surface area (Å²) < 4.78 is 10.3. The molecule has 0 bridgehead atoms. The Hall–Kier alpha value is -2.75. The highest BCUT2D eigenvalue weighted by molar-refractivity contribution is 5.84. The van der Waals surface area contributed by atoms with Crippen molar-refractivity contribution in [1.82, 2.24) is 0 Å². The van der Waals surface area contributed by atoms with Crippen LogP contribution in [0.3, 0.4) is 0 Å². The van der Waals surface area contributed by atoms with Crippen molar-refractivity contribution < 1.29 is 14.3 Å². The van der Waals surface area contributed by atoms with Gasteiger partial charge in [-0.3, -0.25) is 0 Å². The van der Waals surface area contributed by atoms with Gasteiger partial charge in [0, 0.05) is 5.56 Å². The Bertz CT molecular complexity index is 833. The Balaban J connectivity index is 2.19. The van der Waals surface area contributed by atoms with Crippen LogP contribution in [-0.2, 0) is 0 Å². The van der Waals surface area contributed by atoms with Gasteiger partial charge in [0.05, 0.1) is 12.5 Å². The van der Waals surface area contributed by atoms with Crippen LogP contribution in [0.5, 0.6) is 11.5 Å². The molecule has 20 heavy (non-hydrogen) atoms. The van der Waals surface area contributed by atoms with Crippen molar-refractivity contribution in [3.05, 3.63) is 59.0 Å². The van der Waals surface area contributed by atoms with Gasteiger partial charge in [-0.1, -0.05) is 18.2 Å². The second kappa shape index (κ2) is 4.74. The highest BCUT2D eigenvalue weighted by atomic mass is 16.5. The van der Waals surface area contributed by atoms with E-state index in [9.17, 15) is 9.90 Å². The first kappa shape index (κ1) is 12.3. The van der Waals surface area contributed by atoms with E-state index in [1.54, 1.807) is 30.3 Å². The molecule has 0 amide bonds. The molecule has 0 aliphatic carbocycles. The first-order valence-corrected chi connectivity index (χ1v) is 6.09. The van der Waals surface area contributed by atoms with Gasteiger partial charge >= 0.3 is 5.63 Å². The number of ether oxygens (including phenoxy) is 1. The van der Waals surface area contributed by atoms with Crippen LogP contribution in [0.25, 0.3) is 22.1 Å². The van der Waals surface area contributed by atoms with Crippen LogP contribution < -0.4 is 10.4 Å². The fourth-order valence-electron chi connectivity index (χ4n) is 2.12. The van der Waals surface area contributed by atoms with E-state index in [1.807, 2.05) is 12.1 Å². The molecular formula is C16H12O4. The van der Waals surface area contributed by atoms with Gasteiger partial charge in [0.25, 0.3) is 0 Å². The number of rotatable bonds is 2. The van der Waals surface area contributed by atoms with Crippen LogP contribution in [0, 0.1) is 0 Å². The SMILES string of the molecule is COc1ccc(-c2cc3ccccc3c(=O)o2)cc1O. The third kappa shape index (κ3) is 2.01. The van der Waals surface area contributed by atoms with E-state index in [0.717, 1.165) is 5.39 Å². The number of hydrogen-bond acceptors (Lipinski definition) is 4. The molecule has 0 radical (unpaired) electrons. The van der Waals surface area contributed by atoms with Crippen molar-refractivity contribution in [2.24, 2.45) is 0 Å². The van der Waals surface area contributed by atoms with Gasteiger partial charge in [-0.05, 0) is 35.7 Å². The second-order valence-corrected chi connectivity index (χ2v) is 4.37. The Kier molecular flexibility index (Phi) is 2.91. The molecule has 1 N–H and O–H groups in total. The maximum atomic E-state index is 11.9. The largest absolute Gasteiger partial charge is 0.504 e. The van der Waals surface area contributed by atoms with Crippen LogP contribution >= 0.6 is 0 Å². The zero-order valence-electron chi connectivity index (χ0n) is 10.8. The van der Waals surface area contributed by atoms with Crippen LogP contribution in [0.15, 0.2) is 57.7 Å². The molecule has 0 aliphatic heterocycles. The van der Waals surface area contributed by atoms with Crippen LogP contribution in [-0.4, -0.2) is 12.2 Å². The summed E-state index contributed by atoms with van der Waals surface area (Å²) in [5.74, 6) is 0.782. The predicted molar refractivity (Wildman–Crippen MR) is 76.1 cm³/mol. The third-order valence-electron chi connectivity index (χ3n) is 3.13. The van der Waals surface area contributed by atoms with E-state index in [-0.39, 0.29) is 5.75 Å². The van der Waals surface area contributed by atoms with Gasteiger partial charge in [0.1, 0.15) is 5.76 Å². The number of methoxy groups -OCH3 is 1. The molecule has 100 valence electrons. The Morgan fingerprint density at radius 2 is 1.90 bits per heavy atom. The zero-order valence-corrected chi connectivity index (χ0v) is 10.8. The number of phenolic OH excluding ortho intramolecular Hbond substituents is 1. The van der Waals surface area contributed by atoms with E-state index in [1.165, 1.54) is 13.2 Å². The monoisotopic (exact) mass is 268 g/mol. The van der Waals surface area contributed by atoms with Crippen LogP contribution in [0.2, 0.25) is 0 Å². The molecule has 4 nitrogen and oxygen atoms in total. The summed E-state index contributed by atoms with van der Waals surface area (Å²) in [6, 6.07) is 13.8. The average molecular weight is 268 g/mol. The van der Waals surface area contributed by atoms with E-state index in [2.05, 4.69) is 0 Å². The van der Waals surface area contributed by atoms with Gasteiger partial charge in [-0.25, -0.2) is 4.79 Å². The lowest BCUT2D eigenvalue weighted by molar-refractivity contribution is 0.373. The topological polar surface area (TPSA) is 59.7 Å². The number of hydrogen-bond donors (Lipinski definition) is 1. The third-order valence-corrected chi connectivity index (χ3v) is 3.13. The molecule has 0 atom stereocenters. The summed E-state index contributed by atoms with van der Waals surface area (Å²) in [4.78, 5) is 11.9. The predicted octanol–water partition coefficient (Wildman–Crippen LogP) is 3.17. The van der Waals surface area contributed by atoms with E-state index in [4.69, 9.17) is 9.15 Å². The van der Waals surface area contributed by atoms with Crippen molar-refractivity contribution >= 4 is 10.8 Å². The minimum atomic E-state index is -0.395. The fraction of sp³-hybridized carbons (Fsp3) is 0.0625. The summed E-state index contributed by atoms with van der Waals surface area (Å²) in [7, 11) is 1.48. The minimum Gasteiger partial charge on any atom is -0.504 e. The molecule has 1 aromatic heterocycles. The molecule has 0 aliphatic rings. The molecule has 0 unspecified atom stereocenters. The zero-order chi connectivity index (χ0) is 14.1. The number of fused-ring (bicyclic) bond motifs is 1. The Morgan fingerprint density at radius 3 is 2.65 bits per heavy atom. The normalized spacial score (nSPS) is 10.7. The number of aromatic hydroxyl groups is 1. The van der Waals surface area contributed by atoms with E-state index >= 15 is 0 Å². The van der Waals surface area contributed by atoms with Crippen molar-refractivity contribution in [1.29, 1.82) is 0 Å². The maximum absolute atomic E-state index is 11.9. The van der Waals surface area contributed by atoms with E-state index in [0.29, 0.717) is 22.5 Å². The van der Waals surface area contributed by atoms with Crippen molar-refractivity contribution in [2.45, 2.75) is 0 Å². The fourth-order valence-corrected chi connectivity index (χ4v) is 2.12. The summed E-state index contributed by atoms with van der Waals surface area (Å²) >= 11 is 0. The molecule has 3 aromatic rings. The molecule has 1 heterocycles. The van der Waals surface area contributed by atoms with Gasteiger partial charge in [0.15, 0.2) is 11.5 Å². The lowest BCUT2D eigenvalue weighted by Gasteiger charge is -2.06. The number of benzene rings is 2. The number of phenols is 1. The summed E-state index contributed by atoms with van der Waals surface area (Å²) in [5.41, 5.74) is 0.222. The summed E-state index contributed by atoms with van der Waals surface area (Å²) in [6.45, 7) is 0. The minimum absolute atomic E-state index is 0.000748. The molecule has 4 heteroatoms. The highest BCUT2D eigenvalue weighted by Gasteiger charge is 2.09. The van der Waals surface area contributed by atoms with Crippen molar-refractivity contribution in [3.63, 3.8) is 0 Å². The van der Waals surface area contributed by atoms with Crippen molar-refractivity contribution in [2.75, 3.05) is 7.11 Å². The Labute approximate surface area is 114 Å². The standard InChI is InChI=1S/C16H12O4/c1-19-14-7-6-11(8-13(14)17)15-9-10-4-2-3-5-12(10)16(18)20-15/h2-9,17H,1H3. The molecule has 0 saturated carbocycles. The quantitative estimate of drug-likeness (QED) is 0.775. The smallest absolute Gasteiger partial charge is 0.344 e. The summed E-state index contributed by atoms with van der Waals surface area (Å²) in [5, 5.41) is 11.1. The van der Waals surface area contributed by atoms with Crippen LogP contribution in [0.1, 0.15) is 0 Å². The highest BCUT2D eigenvalue weighted by Crippen LogP contribution is 2.31. The van der Waals surface area contributed by atoms with Gasteiger partial charge in [0.2, 0.25) is 0 Å². The van der Waals surface area contributed by atoms with Crippen molar-refractivity contribution in [3.8, 4) is 22.8 Å². The first-order chi connectivity index (χ1) is 9.69. The molecular weight excluding hydrogens is 256 g/mol. The van der Waals surface area contributed by atoms with Gasteiger partial charge < -0.3 is 14.3 Å². The lowest BCUT2D eigenvalue weighted by Crippen LogP contribution is -1.99. The molecule has 0 fully saturated rings. The molecule has 3 rings (SSSR count). The average Bonchev–Trinajstić information content (AvgIpc) is 2.47.